The average Bonchev–Trinajstić information content (AvgIpc) is 3.33. The van der Waals surface area contributed by atoms with Crippen molar-refractivity contribution in [2.45, 2.75) is 32.5 Å². The van der Waals surface area contributed by atoms with Crippen molar-refractivity contribution in [1.82, 2.24) is 9.47 Å². The van der Waals surface area contributed by atoms with E-state index in [0.29, 0.717) is 18.0 Å². The van der Waals surface area contributed by atoms with Gasteiger partial charge < -0.3 is 29.6 Å². The number of likely N-dealkylation sites (N-methyl/N-ethyl adjacent to an activating group) is 1. The summed E-state index contributed by atoms with van der Waals surface area (Å²) in [5.74, 6) is 0.662. The molecule has 1 heterocycles. The molecule has 222 valence electrons. The fourth-order valence-electron chi connectivity index (χ4n) is 4.03. The van der Waals surface area contributed by atoms with Crippen LogP contribution in [0.4, 0.5) is 34.1 Å². The van der Waals surface area contributed by atoms with Crippen LogP contribution in [0, 0.1) is 0 Å². The lowest BCUT2D eigenvalue weighted by atomic mass is 10.2. The summed E-state index contributed by atoms with van der Waals surface area (Å²) in [5, 5.41) is 5.41. The Bertz CT molecular complexity index is 1580. The highest BCUT2D eigenvalue weighted by Crippen LogP contribution is 2.36. The number of anilines is 2. The first-order valence-electron chi connectivity index (χ1n) is 12.9. The van der Waals surface area contributed by atoms with E-state index in [1.54, 1.807) is 31.3 Å². The summed E-state index contributed by atoms with van der Waals surface area (Å²) >= 11 is 5.64. The Labute approximate surface area is 246 Å². The fourth-order valence-corrected chi connectivity index (χ4v) is 4.26. The number of amides is 3. The molecule has 4 rings (SSSR count). The molecule has 0 radical (unpaired) electrons. The molecule has 0 aliphatic carbocycles. The van der Waals surface area contributed by atoms with Crippen molar-refractivity contribution < 1.29 is 32.2 Å². The molecule has 0 saturated heterocycles. The Hall–Kier alpha value is -4.38. The molecule has 8 nitrogen and oxygen atoms in total. The zero-order chi connectivity index (χ0) is 30.7. The Morgan fingerprint density at radius 3 is 2.29 bits per heavy atom. The molecule has 0 atom stereocenters. The van der Waals surface area contributed by atoms with Crippen LogP contribution in [0.5, 0.6) is 5.75 Å². The van der Waals surface area contributed by atoms with Crippen LogP contribution in [-0.2, 0) is 10.9 Å². The van der Waals surface area contributed by atoms with Crippen molar-refractivity contribution in [1.29, 1.82) is 0 Å². The van der Waals surface area contributed by atoms with Crippen LogP contribution < -0.4 is 15.4 Å². The lowest BCUT2D eigenvalue weighted by Crippen LogP contribution is -2.36. The van der Waals surface area contributed by atoms with Gasteiger partial charge in [0.05, 0.1) is 22.6 Å². The van der Waals surface area contributed by atoms with Crippen molar-refractivity contribution in [3.8, 4) is 11.4 Å². The summed E-state index contributed by atoms with van der Waals surface area (Å²) in [6.07, 6.45) is -3.18. The Kier molecular flexibility index (Phi) is 8.91. The van der Waals surface area contributed by atoms with Crippen molar-refractivity contribution in [3.63, 3.8) is 0 Å². The molecule has 0 saturated carbocycles. The van der Waals surface area contributed by atoms with Gasteiger partial charge in [0.2, 0.25) is 0 Å². The summed E-state index contributed by atoms with van der Waals surface area (Å²) in [5.41, 5.74) is 0.472. The SMILES string of the molecule is CN(CCOc1cccc2c1ccn2-c1ccc(NC(=O)Nc2ccc(Cl)c(C(F)(F)F)c2)cc1)C(=O)OC(C)(C)C. The maximum absolute atomic E-state index is 13.1. The molecular formula is C30H30ClF3N4O4. The van der Waals surface area contributed by atoms with Gasteiger partial charge in [-0.2, -0.15) is 13.2 Å². The molecule has 0 aliphatic heterocycles. The normalized spacial score (nSPS) is 11.7. The number of halogens is 4. The van der Waals surface area contributed by atoms with E-state index in [9.17, 15) is 22.8 Å². The van der Waals surface area contributed by atoms with Crippen LogP contribution in [0.2, 0.25) is 5.02 Å². The van der Waals surface area contributed by atoms with Crippen LogP contribution in [0.1, 0.15) is 26.3 Å². The first kappa shape index (κ1) is 30.6. The van der Waals surface area contributed by atoms with Gasteiger partial charge >= 0.3 is 18.3 Å². The number of fused-ring (bicyclic) bond motifs is 1. The van der Waals surface area contributed by atoms with E-state index in [2.05, 4.69) is 10.6 Å². The van der Waals surface area contributed by atoms with Gasteiger partial charge in [-0.15, -0.1) is 0 Å². The topological polar surface area (TPSA) is 84.8 Å². The zero-order valence-electron chi connectivity index (χ0n) is 23.4. The highest BCUT2D eigenvalue weighted by molar-refractivity contribution is 6.31. The van der Waals surface area contributed by atoms with Gasteiger partial charge in [0.15, 0.2) is 0 Å². The molecule has 12 heteroatoms. The number of nitrogens with zero attached hydrogens (tertiary/aromatic N) is 2. The molecule has 42 heavy (non-hydrogen) atoms. The van der Waals surface area contributed by atoms with Gasteiger partial charge in [-0.25, -0.2) is 9.59 Å². The molecule has 2 N–H and O–H groups in total. The number of ether oxygens (including phenoxy) is 2. The monoisotopic (exact) mass is 602 g/mol. The molecule has 3 aromatic carbocycles. The molecule has 0 bridgehead atoms. The third kappa shape index (κ3) is 7.67. The number of hydrogen-bond acceptors (Lipinski definition) is 4. The maximum Gasteiger partial charge on any atom is 0.417 e. The van der Waals surface area contributed by atoms with Gasteiger partial charge in [-0.3, -0.25) is 0 Å². The molecule has 0 aliphatic rings. The van der Waals surface area contributed by atoms with Gasteiger partial charge in [0.1, 0.15) is 18.0 Å². The van der Waals surface area contributed by atoms with Crippen LogP contribution in [0.25, 0.3) is 16.6 Å². The summed E-state index contributed by atoms with van der Waals surface area (Å²) in [7, 11) is 1.65. The molecule has 1 aromatic heterocycles. The second-order valence-electron chi connectivity index (χ2n) is 10.4. The minimum absolute atomic E-state index is 0.0471. The Balaban J connectivity index is 1.39. The van der Waals surface area contributed by atoms with Crippen molar-refractivity contribution >= 4 is 46.0 Å². The van der Waals surface area contributed by atoms with E-state index in [1.807, 2.05) is 55.8 Å². The molecule has 0 unspecified atom stereocenters. The van der Waals surface area contributed by atoms with Crippen molar-refractivity contribution in [3.05, 3.63) is 83.5 Å². The first-order valence-corrected chi connectivity index (χ1v) is 13.3. The summed E-state index contributed by atoms with van der Waals surface area (Å²) in [6, 6.07) is 17.0. The lowest BCUT2D eigenvalue weighted by molar-refractivity contribution is -0.137. The second-order valence-corrected chi connectivity index (χ2v) is 10.9. The lowest BCUT2D eigenvalue weighted by Gasteiger charge is -2.24. The second kappa shape index (κ2) is 12.2. The third-order valence-electron chi connectivity index (χ3n) is 6.02. The predicted octanol–water partition coefficient (Wildman–Crippen LogP) is 8.19. The molecule has 4 aromatic rings. The highest BCUT2D eigenvalue weighted by atomic mass is 35.5. The summed E-state index contributed by atoms with van der Waals surface area (Å²) in [4.78, 5) is 26.0. The minimum Gasteiger partial charge on any atom is -0.491 e. The van der Waals surface area contributed by atoms with Crippen LogP contribution in [0.15, 0.2) is 72.9 Å². The fraction of sp³-hybridized carbons (Fsp3) is 0.267. The van der Waals surface area contributed by atoms with E-state index in [0.717, 1.165) is 28.7 Å². The Morgan fingerprint density at radius 1 is 0.952 bits per heavy atom. The van der Waals surface area contributed by atoms with Crippen molar-refractivity contribution in [2.75, 3.05) is 30.8 Å². The average molecular weight is 603 g/mol. The molecule has 0 fully saturated rings. The maximum atomic E-state index is 13.1. The van der Waals surface area contributed by atoms with Crippen LogP contribution in [-0.4, -0.2) is 47.4 Å². The van der Waals surface area contributed by atoms with Gasteiger partial charge in [0, 0.05) is 35.7 Å². The highest BCUT2D eigenvalue weighted by Gasteiger charge is 2.33. The summed E-state index contributed by atoms with van der Waals surface area (Å²) < 4.78 is 52.6. The molecular weight excluding hydrogens is 573 g/mol. The largest absolute Gasteiger partial charge is 0.491 e. The van der Waals surface area contributed by atoms with E-state index >= 15 is 0 Å². The van der Waals surface area contributed by atoms with E-state index < -0.39 is 34.5 Å². The molecule has 0 spiro atoms. The quantitative estimate of drug-likeness (QED) is 0.223. The van der Waals surface area contributed by atoms with Crippen LogP contribution >= 0.6 is 11.6 Å². The van der Waals surface area contributed by atoms with Gasteiger partial charge in [-0.1, -0.05) is 17.7 Å². The zero-order valence-corrected chi connectivity index (χ0v) is 24.1. The Morgan fingerprint density at radius 2 is 1.62 bits per heavy atom. The van der Waals surface area contributed by atoms with E-state index in [-0.39, 0.29) is 12.3 Å². The van der Waals surface area contributed by atoms with Gasteiger partial charge in [0.25, 0.3) is 0 Å². The predicted molar refractivity (Wildman–Crippen MR) is 157 cm³/mol. The summed E-state index contributed by atoms with van der Waals surface area (Å²) in [6.45, 7) is 6.04. The number of rotatable bonds is 7. The molecule has 3 amide bonds. The number of hydrogen-bond donors (Lipinski definition) is 2. The minimum atomic E-state index is -4.64. The third-order valence-corrected chi connectivity index (χ3v) is 6.34. The number of aromatic nitrogens is 1. The number of nitrogens with one attached hydrogen (secondary N) is 2. The smallest absolute Gasteiger partial charge is 0.417 e. The first-order chi connectivity index (χ1) is 19.7. The van der Waals surface area contributed by atoms with E-state index in [1.165, 1.54) is 11.0 Å². The number of urea groups is 1. The number of carbonyl (C=O) groups is 2. The van der Waals surface area contributed by atoms with Gasteiger partial charge in [-0.05, 0) is 81.4 Å². The number of alkyl halides is 3. The van der Waals surface area contributed by atoms with Crippen molar-refractivity contribution in [2.24, 2.45) is 0 Å². The van der Waals surface area contributed by atoms with Crippen LogP contribution in [0.3, 0.4) is 0 Å². The van der Waals surface area contributed by atoms with E-state index in [4.69, 9.17) is 21.1 Å². The number of benzene rings is 3. The number of carbonyl (C=O) groups excluding carboxylic acids is 2. The standard InChI is InChI=1S/C30H30ClF3N4O4/c1-29(2,3)42-28(40)37(4)16-17-41-26-7-5-6-25-22(26)14-15-38(25)21-11-8-19(9-12-21)35-27(39)36-20-10-13-24(31)23(18-20)30(32,33)34/h5-15,18H,16-17H2,1-4H3,(H2,35,36,39).